The second kappa shape index (κ2) is 24.1. The Kier molecular flexibility index (Phi) is 17.1. The van der Waals surface area contributed by atoms with Crippen molar-refractivity contribution in [3.8, 4) is 0 Å². The number of rotatable bonds is 22. The summed E-state index contributed by atoms with van der Waals surface area (Å²) < 4.78 is 55.0. The Balaban J connectivity index is 1.12. The van der Waals surface area contributed by atoms with Crippen molar-refractivity contribution in [1.82, 2.24) is 5.32 Å². The van der Waals surface area contributed by atoms with Crippen molar-refractivity contribution < 1.29 is 37.9 Å². The van der Waals surface area contributed by atoms with E-state index in [1.165, 1.54) is 0 Å². The number of piperidine rings is 1. The monoisotopic (exact) mass is 849 g/mol. The third-order valence-electron chi connectivity index (χ3n) is 11.4. The first-order chi connectivity index (χ1) is 31.2. The number of nitrogens with one attached hydrogen (secondary N) is 1. The molecule has 0 aliphatic carbocycles. The van der Waals surface area contributed by atoms with E-state index in [4.69, 9.17) is 37.9 Å². The van der Waals surface area contributed by atoms with Crippen LogP contribution in [0.3, 0.4) is 0 Å². The zero-order valence-corrected chi connectivity index (χ0v) is 35.8. The standard InChI is InChI=1S/C54H59NO8/c1-7-19-41(20-8-1)33-56-39-47-50(48(31-32-55-47)58-35-43-23-11-3-12-24-43)63-54-53(61-38-46-29-17-6-18-30-46)52(60-37-45-27-15-5-16-28-45)51(59-36-44-25-13-4-14-26-44)49(62-54)40-57-34-42-21-9-2-10-22-42/h1-30,47-55H,31-40H2/t47-,48+,49+,50+,51+,52-,53+,54-/m0/s1. The highest BCUT2D eigenvalue weighted by atomic mass is 16.7. The molecule has 0 unspecified atom stereocenters. The Bertz CT molecular complexity index is 2130. The first-order valence-electron chi connectivity index (χ1n) is 22.1. The number of hydrogen-bond acceptors (Lipinski definition) is 9. The van der Waals surface area contributed by atoms with Gasteiger partial charge < -0.3 is 43.2 Å². The number of benzene rings is 6. The Morgan fingerprint density at radius 2 is 0.778 bits per heavy atom. The maximum absolute atomic E-state index is 7.33. The van der Waals surface area contributed by atoms with Gasteiger partial charge in [-0.3, -0.25) is 0 Å². The highest BCUT2D eigenvalue weighted by Gasteiger charge is 2.51. The van der Waals surface area contributed by atoms with Gasteiger partial charge in [-0.1, -0.05) is 182 Å². The highest BCUT2D eigenvalue weighted by molar-refractivity contribution is 5.18. The van der Waals surface area contributed by atoms with Crippen molar-refractivity contribution >= 4 is 0 Å². The molecule has 0 amide bonds. The fraction of sp³-hybridized carbons (Fsp3) is 0.333. The SMILES string of the molecule is c1ccc(COC[C@@H]2NCC[C@@H](OCc3ccccc3)[C@@H]2O[C@@H]2O[C@H](COCc3ccccc3)[C@@H](OCc3ccccc3)[C@H](OCc3ccccc3)[C@H]2OCc2ccccc2)cc1. The summed E-state index contributed by atoms with van der Waals surface area (Å²) in [5.74, 6) is 0. The summed E-state index contributed by atoms with van der Waals surface area (Å²) in [6.45, 7) is 3.66. The summed E-state index contributed by atoms with van der Waals surface area (Å²) in [6.07, 6.45) is -3.46. The van der Waals surface area contributed by atoms with Gasteiger partial charge in [-0.25, -0.2) is 0 Å². The predicted octanol–water partition coefficient (Wildman–Crippen LogP) is 9.23. The highest BCUT2D eigenvalue weighted by Crippen LogP contribution is 2.34. The quantitative estimate of drug-likeness (QED) is 0.0719. The van der Waals surface area contributed by atoms with E-state index in [1.54, 1.807) is 0 Å². The summed E-state index contributed by atoms with van der Waals surface area (Å²) in [5.41, 5.74) is 6.34. The van der Waals surface area contributed by atoms with E-state index in [1.807, 2.05) is 109 Å². The van der Waals surface area contributed by atoms with Gasteiger partial charge in [-0.15, -0.1) is 0 Å². The number of hydrogen-bond donors (Lipinski definition) is 1. The van der Waals surface area contributed by atoms with Gasteiger partial charge in [-0.05, 0) is 46.3 Å². The third-order valence-corrected chi connectivity index (χ3v) is 11.4. The third kappa shape index (κ3) is 13.5. The molecule has 0 saturated carbocycles. The van der Waals surface area contributed by atoms with Crippen LogP contribution in [0.5, 0.6) is 0 Å². The van der Waals surface area contributed by atoms with Crippen LogP contribution in [0.1, 0.15) is 39.8 Å². The largest absolute Gasteiger partial charge is 0.375 e. The minimum atomic E-state index is -0.902. The molecule has 0 radical (unpaired) electrons. The van der Waals surface area contributed by atoms with Crippen LogP contribution in [0, 0.1) is 0 Å². The molecule has 6 aromatic rings. The smallest absolute Gasteiger partial charge is 0.187 e. The van der Waals surface area contributed by atoms with Crippen LogP contribution in [0.15, 0.2) is 182 Å². The van der Waals surface area contributed by atoms with Gasteiger partial charge in [0.1, 0.15) is 30.5 Å². The normalized spacial score (nSPS) is 23.6. The molecule has 6 aromatic carbocycles. The summed E-state index contributed by atoms with van der Waals surface area (Å²) in [7, 11) is 0. The van der Waals surface area contributed by atoms with E-state index in [9.17, 15) is 0 Å². The minimum absolute atomic E-state index is 0.217. The van der Waals surface area contributed by atoms with E-state index in [-0.39, 0.29) is 18.8 Å². The molecule has 63 heavy (non-hydrogen) atoms. The molecule has 0 aromatic heterocycles. The molecule has 0 bridgehead atoms. The Labute approximate surface area is 372 Å². The van der Waals surface area contributed by atoms with E-state index >= 15 is 0 Å². The summed E-state index contributed by atoms with van der Waals surface area (Å²) >= 11 is 0. The van der Waals surface area contributed by atoms with Gasteiger partial charge in [0, 0.05) is 0 Å². The maximum atomic E-state index is 7.33. The van der Waals surface area contributed by atoms with Crippen LogP contribution >= 0.6 is 0 Å². The van der Waals surface area contributed by atoms with Crippen molar-refractivity contribution in [3.05, 3.63) is 215 Å². The number of ether oxygens (including phenoxy) is 8. The van der Waals surface area contributed by atoms with Crippen LogP contribution < -0.4 is 5.32 Å². The second-order valence-corrected chi connectivity index (χ2v) is 16.1. The van der Waals surface area contributed by atoms with Crippen molar-refractivity contribution in [3.63, 3.8) is 0 Å². The van der Waals surface area contributed by atoms with E-state index < -0.39 is 36.8 Å². The average Bonchev–Trinajstić information content (AvgIpc) is 3.34. The molecule has 2 heterocycles. The first-order valence-corrected chi connectivity index (χ1v) is 22.1. The molecule has 2 saturated heterocycles. The van der Waals surface area contributed by atoms with Crippen LogP contribution in [-0.4, -0.2) is 68.7 Å². The zero-order chi connectivity index (χ0) is 42.7. The lowest BCUT2D eigenvalue weighted by Gasteiger charge is -2.48. The topological polar surface area (TPSA) is 85.9 Å². The predicted molar refractivity (Wildman–Crippen MR) is 242 cm³/mol. The van der Waals surface area contributed by atoms with Crippen LogP contribution in [0.2, 0.25) is 0 Å². The molecule has 8 atom stereocenters. The molecule has 2 aliphatic heterocycles. The fourth-order valence-corrected chi connectivity index (χ4v) is 8.13. The zero-order valence-electron chi connectivity index (χ0n) is 35.8. The van der Waals surface area contributed by atoms with E-state index in [0.29, 0.717) is 46.2 Å². The lowest BCUT2D eigenvalue weighted by atomic mass is 9.95. The van der Waals surface area contributed by atoms with Crippen molar-refractivity contribution in [1.29, 1.82) is 0 Å². The minimum Gasteiger partial charge on any atom is -0.375 e. The fourth-order valence-electron chi connectivity index (χ4n) is 8.13. The van der Waals surface area contributed by atoms with Gasteiger partial charge >= 0.3 is 0 Å². The molecule has 2 aliphatic rings. The van der Waals surface area contributed by atoms with Crippen LogP contribution in [-0.2, 0) is 77.5 Å². The van der Waals surface area contributed by atoms with Gasteiger partial charge in [0.05, 0.1) is 65.0 Å². The molecule has 9 heteroatoms. The molecule has 328 valence electrons. The van der Waals surface area contributed by atoms with Gasteiger partial charge in [-0.2, -0.15) is 0 Å². The summed E-state index contributed by atoms with van der Waals surface area (Å²) in [4.78, 5) is 0. The summed E-state index contributed by atoms with van der Waals surface area (Å²) in [5, 5.41) is 3.71. The average molecular weight is 850 g/mol. The summed E-state index contributed by atoms with van der Waals surface area (Å²) in [6, 6.07) is 60.9. The Morgan fingerprint density at radius 1 is 0.397 bits per heavy atom. The van der Waals surface area contributed by atoms with Crippen molar-refractivity contribution in [2.24, 2.45) is 0 Å². The molecule has 8 rings (SSSR count). The molecular weight excluding hydrogens is 791 g/mol. The van der Waals surface area contributed by atoms with Crippen LogP contribution in [0.4, 0.5) is 0 Å². The second-order valence-electron chi connectivity index (χ2n) is 16.1. The van der Waals surface area contributed by atoms with Gasteiger partial charge in [0.2, 0.25) is 0 Å². The molecule has 9 nitrogen and oxygen atoms in total. The lowest BCUT2D eigenvalue weighted by Crippen LogP contribution is -2.65. The molecule has 1 N–H and O–H groups in total. The lowest BCUT2D eigenvalue weighted by molar-refractivity contribution is -0.345. The van der Waals surface area contributed by atoms with Gasteiger partial charge in [0.25, 0.3) is 0 Å². The Morgan fingerprint density at radius 3 is 1.24 bits per heavy atom. The molecular formula is C54H59NO8. The van der Waals surface area contributed by atoms with Crippen LogP contribution in [0.25, 0.3) is 0 Å². The van der Waals surface area contributed by atoms with Crippen molar-refractivity contribution in [2.45, 2.75) is 95.0 Å². The van der Waals surface area contributed by atoms with E-state index in [2.05, 4.69) is 78.1 Å². The first kappa shape index (κ1) is 44.6. The molecule has 0 spiro atoms. The van der Waals surface area contributed by atoms with E-state index in [0.717, 1.165) is 46.3 Å². The molecule has 2 fully saturated rings. The van der Waals surface area contributed by atoms with Crippen molar-refractivity contribution in [2.75, 3.05) is 19.8 Å². The van der Waals surface area contributed by atoms with Gasteiger partial charge in [0.15, 0.2) is 6.29 Å². The Hall–Kier alpha value is -5.04. The maximum Gasteiger partial charge on any atom is 0.187 e.